The number of nitrogens with zero attached hydrogens (tertiary/aromatic N) is 4. The third kappa shape index (κ3) is 4.16. The topological polar surface area (TPSA) is 66.4 Å². The van der Waals surface area contributed by atoms with E-state index < -0.39 is 10.0 Å². The Hall–Kier alpha value is -2.77. The van der Waals surface area contributed by atoms with Crippen LogP contribution in [0.3, 0.4) is 0 Å². The van der Waals surface area contributed by atoms with Crippen LogP contribution in [0.5, 0.6) is 0 Å². The second kappa shape index (κ2) is 7.93. The van der Waals surface area contributed by atoms with Gasteiger partial charge in [-0.2, -0.15) is 4.31 Å². The number of benzene rings is 2. The van der Waals surface area contributed by atoms with Crippen molar-refractivity contribution in [2.45, 2.75) is 18.7 Å². The zero-order valence-electron chi connectivity index (χ0n) is 16.6. The fourth-order valence-corrected chi connectivity index (χ4v) is 4.98. The molecule has 0 N–H and O–H groups in total. The molecule has 0 unspecified atom stereocenters. The van der Waals surface area contributed by atoms with Crippen molar-refractivity contribution < 1.29 is 8.42 Å². The summed E-state index contributed by atoms with van der Waals surface area (Å²) in [5.74, 6) is 0.772. The number of aromatic nitrogens is 2. The predicted octanol–water partition coefficient (Wildman–Crippen LogP) is 3.27. The van der Waals surface area contributed by atoms with Crippen LogP contribution < -0.4 is 4.90 Å². The van der Waals surface area contributed by atoms with E-state index in [2.05, 4.69) is 34.2 Å². The molecule has 0 saturated carbocycles. The lowest BCUT2D eigenvalue weighted by Gasteiger charge is -2.34. The van der Waals surface area contributed by atoms with Crippen molar-refractivity contribution in [2.24, 2.45) is 0 Å². The Labute approximate surface area is 171 Å². The summed E-state index contributed by atoms with van der Waals surface area (Å²) in [6.45, 7) is 5.98. The van der Waals surface area contributed by atoms with Gasteiger partial charge >= 0.3 is 0 Å². The summed E-state index contributed by atoms with van der Waals surface area (Å²) in [5, 5.41) is 8.72. The maximum Gasteiger partial charge on any atom is 0.243 e. The SMILES string of the molecule is Cc1ccc(-c2ccc(N3CCN(S(=O)(=O)c4cccc(C)c4)CC3)nn2)cc1. The maximum absolute atomic E-state index is 12.9. The van der Waals surface area contributed by atoms with E-state index in [1.807, 2.05) is 37.3 Å². The number of rotatable bonds is 4. The van der Waals surface area contributed by atoms with E-state index in [-0.39, 0.29) is 0 Å². The summed E-state index contributed by atoms with van der Waals surface area (Å²) < 4.78 is 27.3. The van der Waals surface area contributed by atoms with E-state index in [1.165, 1.54) is 5.56 Å². The van der Waals surface area contributed by atoms with Gasteiger partial charge in [-0.1, -0.05) is 42.0 Å². The molecule has 1 saturated heterocycles. The van der Waals surface area contributed by atoms with Crippen LogP contribution in [-0.2, 0) is 10.0 Å². The van der Waals surface area contributed by atoms with Crippen molar-refractivity contribution in [2.75, 3.05) is 31.1 Å². The van der Waals surface area contributed by atoms with Crippen molar-refractivity contribution in [3.63, 3.8) is 0 Å². The molecule has 0 bridgehead atoms. The molecule has 2 aromatic carbocycles. The van der Waals surface area contributed by atoms with Gasteiger partial charge in [-0.3, -0.25) is 0 Å². The minimum absolute atomic E-state index is 0.355. The van der Waals surface area contributed by atoms with Gasteiger partial charge in [-0.05, 0) is 43.7 Å². The lowest BCUT2D eigenvalue weighted by Crippen LogP contribution is -2.49. The van der Waals surface area contributed by atoms with Gasteiger partial charge in [0.1, 0.15) is 0 Å². The highest BCUT2D eigenvalue weighted by atomic mass is 32.2. The van der Waals surface area contributed by atoms with Crippen LogP contribution in [-0.4, -0.2) is 49.1 Å². The van der Waals surface area contributed by atoms with Gasteiger partial charge < -0.3 is 4.90 Å². The first-order valence-electron chi connectivity index (χ1n) is 9.66. The maximum atomic E-state index is 12.9. The molecule has 1 aromatic heterocycles. The summed E-state index contributed by atoms with van der Waals surface area (Å²) in [6.07, 6.45) is 0. The average Bonchev–Trinajstić information content (AvgIpc) is 2.74. The Morgan fingerprint density at radius 2 is 1.52 bits per heavy atom. The zero-order valence-corrected chi connectivity index (χ0v) is 17.4. The second-order valence-electron chi connectivity index (χ2n) is 7.35. The van der Waals surface area contributed by atoms with E-state index >= 15 is 0 Å². The Morgan fingerprint density at radius 3 is 2.14 bits per heavy atom. The van der Waals surface area contributed by atoms with E-state index in [0.717, 1.165) is 22.6 Å². The predicted molar refractivity (Wildman–Crippen MR) is 114 cm³/mol. The number of piperazine rings is 1. The Bertz CT molecular complexity index is 1090. The van der Waals surface area contributed by atoms with Crippen LogP contribution in [0.4, 0.5) is 5.82 Å². The van der Waals surface area contributed by atoms with E-state index in [4.69, 9.17) is 0 Å². The molecule has 7 heteroatoms. The lowest BCUT2D eigenvalue weighted by molar-refractivity contribution is 0.383. The highest BCUT2D eigenvalue weighted by Gasteiger charge is 2.29. The molecule has 6 nitrogen and oxygen atoms in total. The van der Waals surface area contributed by atoms with Gasteiger partial charge in [0.05, 0.1) is 10.6 Å². The quantitative estimate of drug-likeness (QED) is 0.663. The summed E-state index contributed by atoms with van der Waals surface area (Å²) >= 11 is 0. The van der Waals surface area contributed by atoms with Gasteiger partial charge in [0, 0.05) is 31.7 Å². The molecule has 4 rings (SSSR count). The van der Waals surface area contributed by atoms with Crippen molar-refractivity contribution in [3.8, 4) is 11.3 Å². The standard InChI is InChI=1S/C22H24N4O2S/c1-17-6-8-19(9-7-17)21-10-11-22(24-23-21)25-12-14-26(15-13-25)29(27,28)20-5-3-4-18(2)16-20/h3-11,16H,12-15H2,1-2H3. The molecular weight excluding hydrogens is 384 g/mol. The first kappa shape index (κ1) is 19.5. The molecule has 1 aliphatic rings. The fraction of sp³-hybridized carbons (Fsp3) is 0.273. The number of hydrogen-bond donors (Lipinski definition) is 0. The monoisotopic (exact) mass is 408 g/mol. The second-order valence-corrected chi connectivity index (χ2v) is 9.29. The van der Waals surface area contributed by atoms with Gasteiger partial charge in [0.25, 0.3) is 0 Å². The molecule has 0 radical (unpaired) electrons. The van der Waals surface area contributed by atoms with Crippen LogP contribution >= 0.6 is 0 Å². The van der Waals surface area contributed by atoms with Crippen LogP contribution in [0.1, 0.15) is 11.1 Å². The first-order valence-corrected chi connectivity index (χ1v) is 11.1. The van der Waals surface area contributed by atoms with Crippen LogP contribution in [0, 0.1) is 13.8 Å². The van der Waals surface area contributed by atoms with Gasteiger partial charge in [-0.15, -0.1) is 10.2 Å². The highest BCUT2D eigenvalue weighted by Crippen LogP contribution is 2.22. The first-order chi connectivity index (χ1) is 13.9. The normalized spacial score (nSPS) is 15.4. The summed E-state index contributed by atoms with van der Waals surface area (Å²) in [7, 11) is -3.47. The van der Waals surface area contributed by atoms with Crippen LogP contribution in [0.2, 0.25) is 0 Å². The molecule has 1 aliphatic heterocycles. The Morgan fingerprint density at radius 1 is 0.793 bits per heavy atom. The van der Waals surface area contributed by atoms with Crippen molar-refractivity contribution in [3.05, 3.63) is 71.8 Å². The minimum atomic E-state index is -3.47. The molecular formula is C22H24N4O2S. The van der Waals surface area contributed by atoms with E-state index in [0.29, 0.717) is 31.1 Å². The number of hydrogen-bond acceptors (Lipinski definition) is 5. The molecule has 1 fully saturated rings. The minimum Gasteiger partial charge on any atom is -0.352 e. The molecule has 0 aliphatic carbocycles. The summed E-state index contributed by atoms with van der Waals surface area (Å²) in [6, 6.07) is 19.1. The molecule has 0 atom stereocenters. The third-order valence-electron chi connectivity index (χ3n) is 5.19. The number of aryl methyl sites for hydroxylation is 2. The molecule has 150 valence electrons. The average molecular weight is 409 g/mol. The molecule has 3 aromatic rings. The molecule has 0 spiro atoms. The van der Waals surface area contributed by atoms with Gasteiger partial charge in [0.15, 0.2) is 5.82 Å². The third-order valence-corrected chi connectivity index (χ3v) is 7.08. The van der Waals surface area contributed by atoms with Crippen molar-refractivity contribution in [1.29, 1.82) is 0 Å². The Kier molecular flexibility index (Phi) is 5.34. The van der Waals surface area contributed by atoms with E-state index in [1.54, 1.807) is 22.5 Å². The smallest absolute Gasteiger partial charge is 0.243 e. The van der Waals surface area contributed by atoms with E-state index in [9.17, 15) is 8.42 Å². The van der Waals surface area contributed by atoms with Crippen LogP contribution in [0.25, 0.3) is 11.3 Å². The molecule has 29 heavy (non-hydrogen) atoms. The zero-order chi connectivity index (χ0) is 20.4. The fourth-order valence-electron chi connectivity index (χ4n) is 3.45. The lowest BCUT2D eigenvalue weighted by atomic mass is 10.1. The van der Waals surface area contributed by atoms with Crippen molar-refractivity contribution >= 4 is 15.8 Å². The highest BCUT2D eigenvalue weighted by molar-refractivity contribution is 7.89. The number of anilines is 1. The van der Waals surface area contributed by atoms with Crippen LogP contribution in [0.15, 0.2) is 65.6 Å². The van der Waals surface area contributed by atoms with Gasteiger partial charge in [0.2, 0.25) is 10.0 Å². The number of sulfonamides is 1. The largest absolute Gasteiger partial charge is 0.352 e. The molecule has 0 amide bonds. The van der Waals surface area contributed by atoms with Crippen molar-refractivity contribution in [1.82, 2.24) is 14.5 Å². The summed E-state index contributed by atoms with van der Waals surface area (Å²) in [4.78, 5) is 2.43. The van der Waals surface area contributed by atoms with Gasteiger partial charge in [-0.25, -0.2) is 8.42 Å². The molecule has 2 heterocycles. The Balaban J connectivity index is 1.43. The summed E-state index contributed by atoms with van der Waals surface area (Å²) in [5.41, 5.74) is 4.00.